The van der Waals surface area contributed by atoms with Gasteiger partial charge in [0.2, 0.25) is 0 Å². The van der Waals surface area contributed by atoms with Crippen LogP contribution in [-0.4, -0.2) is 10.5 Å². The van der Waals surface area contributed by atoms with Gasteiger partial charge in [0.1, 0.15) is 5.82 Å². The zero-order chi connectivity index (χ0) is 13.8. The van der Waals surface area contributed by atoms with Gasteiger partial charge in [0.25, 0.3) is 0 Å². The fraction of sp³-hybridized carbons (Fsp3) is 0.625. The van der Waals surface area contributed by atoms with Crippen LogP contribution in [0.3, 0.4) is 0 Å². The van der Waals surface area contributed by atoms with E-state index in [1.54, 1.807) is 0 Å². The van der Waals surface area contributed by atoms with Crippen molar-refractivity contribution < 1.29 is 9.13 Å². The molecule has 3 unspecified atom stereocenters. The Morgan fingerprint density at radius 2 is 1.74 bits per heavy atom. The van der Waals surface area contributed by atoms with Gasteiger partial charge in [-0.15, -0.1) is 0 Å². The third-order valence-electron chi connectivity index (χ3n) is 3.87. The quantitative estimate of drug-likeness (QED) is 0.522. The zero-order valence-corrected chi connectivity index (χ0v) is 13.8. The lowest BCUT2D eigenvalue weighted by Gasteiger charge is -2.33. The number of ether oxygens (including phenoxy) is 1. The molecule has 106 valence electrons. The maximum atomic E-state index is 13.0. The van der Waals surface area contributed by atoms with E-state index in [2.05, 4.69) is 36.4 Å². The number of hydrogen-bond donors (Lipinski definition) is 0. The average molecular weight is 376 g/mol. The van der Waals surface area contributed by atoms with Crippen molar-refractivity contribution in [2.24, 2.45) is 11.8 Å². The van der Waals surface area contributed by atoms with Gasteiger partial charge in [-0.1, -0.05) is 48.6 Å². The maximum absolute atomic E-state index is 13.0. The van der Waals surface area contributed by atoms with Gasteiger partial charge in [-0.25, -0.2) is 4.39 Å². The summed E-state index contributed by atoms with van der Waals surface area (Å²) in [5.74, 6) is 1.31. The van der Waals surface area contributed by atoms with Crippen molar-refractivity contribution >= 4 is 22.6 Å². The maximum Gasteiger partial charge on any atom is 0.123 e. The number of rotatable bonds is 4. The van der Waals surface area contributed by atoms with Gasteiger partial charge in [-0.2, -0.15) is 0 Å². The van der Waals surface area contributed by atoms with E-state index >= 15 is 0 Å². The van der Waals surface area contributed by atoms with Gasteiger partial charge >= 0.3 is 0 Å². The zero-order valence-electron chi connectivity index (χ0n) is 11.6. The van der Waals surface area contributed by atoms with Crippen molar-refractivity contribution in [3.63, 3.8) is 0 Å². The highest BCUT2D eigenvalue weighted by atomic mass is 127. The van der Waals surface area contributed by atoms with E-state index in [9.17, 15) is 4.39 Å². The Balaban J connectivity index is 2.00. The van der Waals surface area contributed by atoms with Crippen molar-refractivity contribution in [3.05, 3.63) is 35.6 Å². The van der Waals surface area contributed by atoms with E-state index in [1.165, 1.54) is 18.6 Å². The fourth-order valence-electron chi connectivity index (χ4n) is 3.10. The van der Waals surface area contributed by atoms with Crippen LogP contribution < -0.4 is 0 Å². The largest absolute Gasteiger partial charge is 0.369 e. The molecule has 1 aromatic carbocycles. The Morgan fingerprint density at radius 3 is 2.26 bits per heavy atom. The summed E-state index contributed by atoms with van der Waals surface area (Å²) < 4.78 is 20.2. The summed E-state index contributed by atoms with van der Waals surface area (Å²) in [6.07, 6.45) is 4.05. The summed E-state index contributed by atoms with van der Waals surface area (Å²) in [6, 6.07) is 6.72. The second-order valence-corrected chi connectivity index (χ2v) is 6.75. The van der Waals surface area contributed by atoms with Crippen LogP contribution in [0.1, 0.15) is 44.8 Å². The molecule has 3 atom stereocenters. The molecule has 19 heavy (non-hydrogen) atoms. The van der Waals surface area contributed by atoms with E-state index < -0.39 is 0 Å². The number of halogens is 2. The van der Waals surface area contributed by atoms with Crippen LogP contribution in [0.15, 0.2) is 24.3 Å². The fourth-order valence-corrected chi connectivity index (χ4v) is 3.81. The smallest absolute Gasteiger partial charge is 0.123 e. The third-order valence-corrected chi connectivity index (χ3v) is 4.67. The first kappa shape index (κ1) is 15.2. The lowest BCUT2D eigenvalue weighted by molar-refractivity contribution is -0.0394. The molecule has 1 aliphatic rings. The van der Waals surface area contributed by atoms with Gasteiger partial charge in [-0.05, 0) is 48.8 Å². The lowest BCUT2D eigenvalue weighted by atomic mass is 9.81. The molecule has 0 spiro atoms. The Bertz CT molecular complexity index is 382. The molecule has 0 N–H and O–H groups in total. The van der Waals surface area contributed by atoms with Crippen molar-refractivity contribution in [2.45, 2.75) is 45.3 Å². The topological polar surface area (TPSA) is 9.23 Å². The van der Waals surface area contributed by atoms with Gasteiger partial charge in [0.15, 0.2) is 0 Å². The average Bonchev–Trinajstić information content (AvgIpc) is 2.36. The molecule has 0 aromatic heterocycles. The summed E-state index contributed by atoms with van der Waals surface area (Å²) in [5.41, 5.74) is 1.08. The predicted octanol–water partition coefficient (Wildman–Crippen LogP) is 5.14. The number of hydrogen-bond acceptors (Lipinski definition) is 1. The third kappa shape index (κ3) is 4.42. The van der Waals surface area contributed by atoms with Crippen LogP contribution in [0.4, 0.5) is 4.39 Å². The van der Waals surface area contributed by atoms with Crippen LogP contribution in [0.2, 0.25) is 0 Å². The summed E-state index contributed by atoms with van der Waals surface area (Å²) in [4.78, 5) is 0. The van der Waals surface area contributed by atoms with E-state index in [4.69, 9.17) is 4.74 Å². The number of alkyl halides is 1. The molecule has 1 fully saturated rings. The Kier molecular flexibility index (Phi) is 5.63. The second-order valence-electron chi connectivity index (χ2n) is 5.87. The van der Waals surface area contributed by atoms with E-state index in [-0.39, 0.29) is 11.9 Å². The van der Waals surface area contributed by atoms with Crippen LogP contribution >= 0.6 is 22.6 Å². The monoisotopic (exact) mass is 376 g/mol. The van der Waals surface area contributed by atoms with Crippen LogP contribution in [0.25, 0.3) is 0 Å². The molecule has 0 radical (unpaired) electrons. The van der Waals surface area contributed by atoms with Gasteiger partial charge in [-0.3, -0.25) is 0 Å². The lowest BCUT2D eigenvalue weighted by Crippen LogP contribution is -2.28. The Labute approximate surface area is 129 Å². The molecule has 0 amide bonds. The predicted molar refractivity (Wildman–Crippen MR) is 85.1 cm³/mol. The van der Waals surface area contributed by atoms with Crippen molar-refractivity contribution in [2.75, 3.05) is 4.43 Å². The molecule has 1 saturated carbocycles. The SMILES string of the molecule is CC1CC(C)CC(OC(CI)c2ccc(F)cc2)C1. The highest BCUT2D eigenvalue weighted by Crippen LogP contribution is 2.33. The standard InChI is InChI=1S/C16H22FIO/c1-11-7-12(2)9-15(8-11)19-16(10-18)13-3-5-14(17)6-4-13/h3-6,11-12,15-16H,7-10H2,1-2H3. The van der Waals surface area contributed by atoms with E-state index in [0.29, 0.717) is 6.10 Å². The first-order chi connectivity index (χ1) is 9.08. The molecule has 0 aliphatic heterocycles. The van der Waals surface area contributed by atoms with Crippen molar-refractivity contribution in [3.8, 4) is 0 Å². The van der Waals surface area contributed by atoms with Gasteiger partial charge < -0.3 is 4.74 Å². The molecule has 0 heterocycles. The van der Waals surface area contributed by atoms with Crippen molar-refractivity contribution in [1.82, 2.24) is 0 Å². The minimum atomic E-state index is -0.184. The van der Waals surface area contributed by atoms with Crippen LogP contribution in [-0.2, 0) is 4.74 Å². The molecule has 1 aromatic rings. The molecule has 1 aliphatic carbocycles. The first-order valence-electron chi connectivity index (χ1n) is 7.05. The molecule has 0 saturated heterocycles. The van der Waals surface area contributed by atoms with Crippen LogP contribution in [0.5, 0.6) is 0 Å². The van der Waals surface area contributed by atoms with Crippen molar-refractivity contribution in [1.29, 1.82) is 0 Å². The van der Waals surface area contributed by atoms with Gasteiger partial charge in [0.05, 0.1) is 12.2 Å². The van der Waals surface area contributed by atoms with E-state index in [1.807, 2.05) is 12.1 Å². The summed E-state index contributed by atoms with van der Waals surface area (Å²) in [5, 5.41) is 0. The molecular weight excluding hydrogens is 354 g/mol. The normalized spacial score (nSPS) is 29.2. The Hall–Kier alpha value is -0.160. The summed E-state index contributed by atoms with van der Waals surface area (Å²) >= 11 is 2.35. The van der Waals surface area contributed by atoms with Gasteiger partial charge in [0, 0.05) is 4.43 Å². The van der Waals surface area contributed by atoms with E-state index in [0.717, 1.165) is 34.7 Å². The highest BCUT2D eigenvalue weighted by Gasteiger charge is 2.27. The molecule has 0 bridgehead atoms. The summed E-state index contributed by atoms with van der Waals surface area (Å²) in [7, 11) is 0. The first-order valence-corrected chi connectivity index (χ1v) is 8.58. The minimum Gasteiger partial charge on any atom is -0.369 e. The highest BCUT2D eigenvalue weighted by molar-refractivity contribution is 14.1. The molecule has 2 rings (SSSR count). The second kappa shape index (κ2) is 7.02. The molecule has 3 heteroatoms. The molecule has 1 nitrogen and oxygen atoms in total. The Morgan fingerprint density at radius 1 is 1.16 bits per heavy atom. The minimum absolute atomic E-state index is 0.0868. The number of benzene rings is 1. The molecular formula is C16H22FIO. The van der Waals surface area contributed by atoms with Crippen LogP contribution in [0, 0.1) is 17.7 Å². The summed E-state index contributed by atoms with van der Waals surface area (Å²) in [6.45, 7) is 4.62.